The molecule has 1 aliphatic heterocycles. The third-order valence-electron chi connectivity index (χ3n) is 6.34. The van der Waals surface area contributed by atoms with Crippen molar-refractivity contribution in [3.05, 3.63) is 104 Å². The largest absolute Gasteiger partial charge is 0.494 e. The van der Waals surface area contributed by atoms with Gasteiger partial charge in [0.2, 0.25) is 5.76 Å². The summed E-state index contributed by atoms with van der Waals surface area (Å²) in [6, 6.07) is 20.0. The lowest BCUT2D eigenvalue weighted by Gasteiger charge is -2.25. The number of rotatable bonds is 7. The average molecular weight is 532 g/mol. The highest BCUT2D eigenvalue weighted by molar-refractivity contribution is 9.10. The Morgan fingerprint density at radius 3 is 2.43 bits per heavy atom. The smallest absolute Gasteiger partial charge is 0.295 e. The molecule has 3 aromatic carbocycles. The van der Waals surface area contributed by atoms with Gasteiger partial charge in [-0.15, -0.1) is 0 Å². The number of fused-ring (bicyclic) bond motifs is 2. The minimum Gasteiger partial charge on any atom is -0.494 e. The molecule has 1 amide bonds. The molecule has 6 heteroatoms. The number of aryl methyl sites for hydroxylation is 1. The Labute approximate surface area is 212 Å². The zero-order chi connectivity index (χ0) is 24.5. The first-order chi connectivity index (χ1) is 17.0. The van der Waals surface area contributed by atoms with Crippen LogP contribution in [0, 0.1) is 6.92 Å². The molecule has 0 bridgehead atoms. The zero-order valence-electron chi connectivity index (χ0n) is 19.7. The SMILES string of the molecule is CCCCCOc1ccc(C2c3c(oc4ccc(C)cc4c3=O)C(=O)N2c2ccc(Br)cc2)cc1. The third kappa shape index (κ3) is 4.39. The summed E-state index contributed by atoms with van der Waals surface area (Å²) in [5, 5.41) is 0.482. The van der Waals surface area contributed by atoms with Crippen LogP contribution in [0.25, 0.3) is 11.0 Å². The monoisotopic (exact) mass is 531 g/mol. The summed E-state index contributed by atoms with van der Waals surface area (Å²) in [5.41, 5.74) is 3.07. The maximum absolute atomic E-state index is 13.7. The highest BCUT2D eigenvalue weighted by Gasteiger charge is 2.43. The van der Waals surface area contributed by atoms with Crippen molar-refractivity contribution in [3.8, 4) is 5.75 Å². The number of amides is 1. The van der Waals surface area contributed by atoms with Gasteiger partial charge >= 0.3 is 0 Å². The Morgan fingerprint density at radius 1 is 0.971 bits per heavy atom. The predicted octanol–water partition coefficient (Wildman–Crippen LogP) is 7.18. The molecular formula is C29H26BrNO4. The first-order valence-corrected chi connectivity index (χ1v) is 12.7. The first-order valence-electron chi connectivity index (χ1n) is 11.9. The molecule has 1 aromatic heterocycles. The van der Waals surface area contributed by atoms with E-state index < -0.39 is 6.04 Å². The fraction of sp³-hybridized carbons (Fsp3) is 0.241. The molecule has 5 nitrogen and oxygen atoms in total. The third-order valence-corrected chi connectivity index (χ3v) is 6.87. The molecule has 0 fully saturated rings. The van der Waals surface area contributed by atoms with Gasteiger partial charge in [0.25, 0.3) is 5.91 Å². The number of hydrogen-bond donors (Lipinski definition) is 0. The van der Waals surface area contributed by atoms with Gasteiger partial charge in [0.05, 0.1) is 23.6 Å². The minimum atomic E-state index is -0.603. The van der Waals surface area contributed by atoms with Crippen molar-refractivity contribution in [2.24, 2.45) is 0 Å². The van der Waals surface area contributed by atoms with Crippen molar-refractivity contribution in [1.29, 1.82) is 0 Å². The van der Waals surface area contributed by atoms with Gasteiger partial charge in [-0.1, -0.05) is 59.5 Å². The van der Waals surface area contributed by atoms with Crippen molar-refractivity contribution in [2.75, 3.05) is 11.5 Å². The second kappa shape index (κ2) is 9.70. The van der Waals surface area contributed by atoms with E-state index in [1.807, 2.05) is 67.6 Å². The second-order valence-electron chi connectivity index (χ2n) is 8.85. The molecule has 4 aromatic rings. The molecule has 0 saturated heterocycles. The van der Waals surface area contributed by atoms with Gasteiger partial charge in [-0.25, -0.2) is 0 Å². The van der Waals surface area contributed by atoms with Gasteiger partial charge in [0.1, 0.15) is 11.3 Å². The molecule has 0 radical (unpaired) electrons. The van der Waals surface area contributed by atoms with E-state index in [1.165, 1.54) is 0 Å². The first kappa shape index (κ1) is 23.4. The summed E-state index contributed by atoms with van der Waals surface area (Å²) in [6.45, 7) is 4.76. The molecule has 2 heterocycles. The summed E-state index contributed by atoms with van der Waals surface area (Å²) in [7, 11) is 0. The van der Waals surface area contributed by atoms with Crippen molar-refractivity contribution in [3.63, 3.8) is 0 Å². The number of carbonyl (C=O) groups excluding carboxylic acids is 1. The van der Waals surface area contributed by atoms with Gasteiger partial charge in [0, 0.05) is 10.2 Å². The van der Waals surface area contributed by atoms with Crippen molar-refractivity contribution in [2.45, 2.75) is 39.2 Å². The number of benzene rings is 3. The molecule has 35 heavy (non-hydrogen) atoms. The molecule has 0 spiro atoms. The van der Waals surface area contributed by atoms with E-state index in [1.54, 1.807) is 11.0 Å². The normalized spacial score (nSPS) is 15.0. The number of halogens is 1. The summed E-state index contributed by atoms with van der Waals surface area (Å²) < 4.78 is 12.8. The van der Waals surface area contributed by atoms with E-state index in [-0.39, 0.29) is 17.1 Å². The molecule has 0 saturated carbocycles. The Bertz CT molecular complexity index is 1440. The highest BCUT2D eigenvalue weighted by Crippen LogP contribution is 2.41. The molecule has 1 aliphatic rings. The van der Waals surface area contributed by atoms with Gasteiger partial charge in [0.15, 0.2) is 5.43 Å². The van der Waals surface area contributed by atoms with Crippen LogP contribution in [-0.4, -0.2) is 12.5 Å². The van der Waals surface area contributed by atoms with Gasteiger partial charge in [-0.2, -0.15) is 0 Å². The van der Waals surface area contributed by atoms with Crippen molar-refractivity contribution in [1.82, 2.24) is 0 Å². The van der Waals surface area contributed by atoms with Crippen LogP contribution in [-0.2, 0) is 0 Å². The summed E-state index contributed by atoms with van der Waals surface area (Å²) in [5.74, 6) is 0.539. The van der Waals surface area contributed by atoms with Crippen LogP contribution in [0.1, 0.15) is 59.5 Å². The van der Waals surface area contributed by atoms with Gasteiger partial charge in [-0.3, -0.25) is 14.5 Å². The van der Waals surface area contributed by atoms with E-state index in [0.717, 1.165) is 40.6 Å². The second-order valence-corrected chi connectivity index (χ2v) is 9.77. The van der Waals surface area contributed by atoms with Crippen LogP contribution < -0.4 is 15.1 Å². The molecule has 1 unspecified atom stereocenters. The van der Waals surface area contributed by atoms with E-state index in [9.17, 15) is 9.59 Å². The summed E-state index contributed by atoms with van der Waals surface area (Å²) in [4.78, 5) is 29.0. The maximum atomic E-state index is 13.7. The van der Waals surface area contributed by atoms with Crippen LogP contribution >= 0.6 is 15.9 Å². The van der Waals surface area contributed by atoms with Gasteiger partial charge < -0.3 is 9.15 Å². The van der Waals surface area contributed by atoms with Gasteiger partial charge in [-0.05, 0) is 67.4 Å². The number of ether oxygens (including phenoxy) is 1. The number of unbranched alkanes of at least 4 members (excludes halogenated alkanes) is 2. The van der Waals surface area contributed by atoms with Crippen LogP contribution in [0.15, 0.2) is 80.4 Å². The van der Waals surface area contributed by atoms with E-state index in [2.05, 4.69) is 22.9 Å². The number of nitrogens with zero attached hydrogens (tertiary/aromatic N) is 1. The Morgan fingerprint density at radius 2 is 1.71 bits per heavy atom. The molecule has 5 rings (SSSR count). The van der Waals surface area contributed by atoms with Crippen LogP contribution in [0.5, 0.6) is 5.75 Å². The van der Waals surface area contributed by atoms with Crippen molar-refractivity contribution >= 4 is 38.5 Å². The fourth-order valence-electron chi connectivity index (χ4n) is 4.56. The lowest BCUT2D eigenvalue weighted by Crippen LogP contribution is -2.29. The van der Waals surface area contributed by atoms with Crippen LogP contribution in [0.2, 0.25) is 0 Å². The zero-order valence-corrected chi connectivity index (χ0v) is 21.3. The molecule has 178 valence electrons. The molecule has 0 aliphatic carbocycles. The highest BCUT2D eigenvalue weighted by atomic mass is 79.9. The summed E-state index contributed by atoms with van der Waals surface area (Å²) in [6.07, 6.45) is 3.28. The molecule has 0 N–H and O–H groups in total. The maximum Gasteiger partial charge on any atom is 0.295 e. The quantitative estimate of drug-likeness (QED) is 0.237. The van der Waals surface area contributed by atoms with Crippen LogP contribution in [0.3, 0.4) is 0 Å². The Kier molecular flexibility index (Phi) is 6.48. The average Bonchev–Trinajstić information content (AvgIpc) is 3.16. The number of hydrogen-bond acceptors (Lipinski definition) is 4. The van der Waals surface area contributed by atoms with Crippen LogP contribution in [0.4, 0.5) is 5.69 Å². The number of anilines is 1. The fourth-order valence-corrected chi connectivity index (χ4v) is 4.82. The molecule has 1 atom stereocenters. The lowest BCUT2D eigenvalue weighted by atomic mass is 9.98. The van der Waals surface area contributed by atoms with E-state index >= 15 is 0 Å². The van der Waals surface area contributed by atoms with Crippen molar-refractivity contribution < 1.29 is 13.9 Å². The summed E-state index contributed by atoms with van der Waals surface area (Å²) >= 11 is 3.46. The topological polar surface area (TPSA) is 59.8 Å². The Balaban J connectivity index is 1.62. The van der Waals surface area contributed by atoms with E-state index in [4.69, 9.17) is 9.15 Å². The minimum absolute atomic E-state index is 0.0964. The standard InChI is InChI=1S/C29H26BrNO4/c1-3-4-5-16-34-22-13-7-19(8-14-22)26-25-27(32)23-17-18(2)6-15-24(23)35-28(25)29(33)31(26)21-11-9-20(30)10-12-21/h6-15,17,26H,3-5,16H2,1-2H3. The predicted molar refractivity (Wildman–Crippen MR) is 141 cm³/mol. The molecular weight excluding hydrogens is 506 g/mol. The van der Waals surface area contributed by atoms with E-state index in [0.29, 0.717) is 28.8 Å². The number of carbonyl (C=O) groups is 1. The lowest BCUT2D eigenvalue weighted by molar-refractivity contribution is 0.0971. The Hall–Kier alpha value is -3.38.